The van der Waals surface area contributed by atoms with Crippen molar-refractivity contribution in [3.8, 4) is 0 Å². The Morgan fingerprint density at radius 3 is 2.76 bits per heavy atom. The number of thiophene rings is 1. The number of hydrogen-bond donors (Lipinski definition) is 1. The molecule has 3 rings (SSSR count). The number of rotatable bonds is 6. The normalized spacial score (nSPS) is 12.6. The molecule has 0 spiro atoms. The van der Waals surface area contributed by atoms with E-state index in [2.05, 4.69) is 57.2 Å². The average Bonchev–Trinajstić information content (AvgIpc) is 3.04. The van der Waals surface area contributed by atoms with E-state index in [0.29, 0.717) is 6.04 Å². The molecule has 1 unspecified atom stereocenters. The molecular formula is C17H19N3S. The lowest BCUT2D eigenvalue weighted by atomic mass is 9.99. The Hall–Kier alpha value is -1.78. The molecule has 21 heavy (non-hydrogen) atoms. The van der Waals surface area contributed by atoms with Crippen molar-refractivity contribution in [2.24, 2.45) is 0 Å². The maximum Gasteiger partial charge on any atom is 0.0890 e. The maximum atomic E-state index is 4.41. The third kappa shape index (κ3) is 3.46. The molecule has 108 valence electrons. The fraction of sp³-hybridized carbons (Fsp3) is 0.294. The minimum absolute atomic E-state index is 0.362. The number of aryl methyl sites for hydroxylation is 1. The van der Waals surface area contributed by atoms with Crippen molar-refractivity contribution >= 4 is 22.4 Å². The molecule has 3 nitrogen and oxygen atoms in total. The first kappa shape index (κ1) is 14.2. The highest BCUT2D eigenvalue weighted by molar-refractivity contribution is 7.07. The molecule has 0 saturated heterocycles. The predicted molar refractivity (Wildman–Crippen MR) is 88.6 cm³/mol. The molecule has 1 aromatic carbocycles. The minimum atomic E-state index is 0.362. The molecule has 1 atom stereocenters. The second kappa shape index (κ2) is 6.78. The number of nitrogens with zero attached hydrogens (tertiary/aromatic N) is 2. The molecule has 4 heteroatoms. The Balaban J connectivity index is 1.80. The van der Waals surface area contributed by atoms with E-state index in [1.165, 1.54) is 11.1 Å². The zero-order valence-electron chi connectivity index (χ0n) is 12.1. The van der Waals surface area contributed by atoms with Gasteiger partial charge in [0.1, 0.15) is 0 Å². The first-order valence-electron chi connectivity index (χ1n) is 7.32. The third-order valence-electron chi connectivity index (χ3n) is 3.65. The van der Waals surface area contributed by atoms with Crippen LogP contribution in [0.15, 0.2) is 47.4 Å². The van der Waals surface area contributed by atoms with Gasteiger partial charge in [0.2, 0.25) is 0 Å². The zero-order chi connectivity index (χ0) is 14.5. The van der Waals surface area contributed by atoms with Crippen molar-refractivity contribution in [1.82, 2.24) is 15.3 Å². The zero-order valence-corrected chi connectivity index (χ0v) is 12.9. The summed E-state index contributed by atoms with van der Waals surface area (Å²) in [4.78, 5) is 8.74. The van der Waals surface area contributed by atoms with Crippen molar-refractivity contribution in [2.75, 3.05) is 6.54 Å². The van der Waals surface area contributed by atoms with Gasteiger partial charge in [0.25, 0.3) is 0 Å². The first-order valence-corrected chi connectivity index (χ1v) is 8.26. The van der Waals surface area contributed by atoms with Crippen LogP contribution in [0.2, 0.25) is 0 Å². The summed E-state index contributed by atoms with van der Waals surface area (Å²) in [5.74, 6) is 0. The van der Waals surface area contributed by atoms with Gasteiger partial charge >= 0.3 is 0 Å². The molecule has 0 aliphatic heterocycles. The Morgan fingerprint density at radius 1 is 1.14 bits per heavy atom. The Morgan fingerprint density at radius 2 is 2.00 bits per heavy atom. The molecular weight excluding hydrogens is 278 g/mol. The van der Waals surface area contributed by atoms with Crippen LogP contribution in [0, 0.1) is 0 Å². The van der Waals surface area contributed by atoms with Crippen LogP contribution in [0.25, 0.3) is 11.0 Å². The number of aromatic nitrogens is 2. The highest BCUT2D eigenvalue weighted by atomic mass is 32.1. The van der Waals surface area contributed by atoms with Gasteiger partial charge in [0, 0.05) is 18.4 Å². The van der Waals surface area contributed by atoms with E-state index in [1.807, 2.05) is 0 Å². The lowest BCUT2D eigenvalue weighted by Crippen LogP contribution is -2.21. The van der Waals surface area contributed by atoms with E-state index in [-0.39, 0.29) is 0 Å². The number of benzene rings is 1. The van der Waals surface area contributed by atoms with E-state index < -0.39 is 0 Å². The quantitative estimate of drug-likeness (QED) is 0.748. The third-order valence-corrected chi connectivity index (χ3v) is 4.38. The van der Waals surface area contributed by atoms with Gasteiger partial charge in [0.05, 0.1) is 11.0 Å². The van der Waals surface area contributed by atoms with Crippen LogP contribution in [0.1, 0.15) is 30.5 Å². The van der Waals surface area contributed by atoms with Gasteiger partial charge in [-0.05, 0) is 59.5 Å². The lowest BCUT2D eigenvalue weighted by Gasteiger charge is -2.18. The summed E-state index contributed by atoms with van der Waals surface area (Å²) in [6, 6.07) is 8.95. The second-order valence-electron chi connectivity index (χ2n) is 5.09. The predicted octanol–water partition coefficient (Wildman–Crippen LogP) is 3.97. The molecule has 0 aliphatic carbocycles. The van der Waals surface area contributed by atoms with Gasteiger partial charge in [-0.2, -0.15) is 11.3 Å². The van der Waals surface area contributed by atoms with Crippen molar-refractivity contribution in [3.63, 3.8) is 0 Å². The molecule has 2 aromatic heterocycles. The fourth-order valence-electron chi connectivity index (χ4n) is 2.58. The van der Waals surface area contributed by atoms with Crippen molar-refractivity contribution in [2.45, 2.75) is 25.8 Å². The molecule has 3 aromatic rings. The topological polar surface area (TPSA) is 37.8 Å². The summed E-state index contributed by atoms with van der Waals surface area (Å²) in [6.45, 7) is 3.12. The lowest BCUT2D eigenvalue weighted by molar-refractivity contribution is 0.516. The van der Waals surface area contributed by atoms with Crippen LogP contribution in [0.3, 0.4) is 0 Å². The van der Waals surface area contributed by atoms with Crippen LogP contribution in [0.4, 0.5) is 0 Å². The SMILES string of the molecule is CCNC(CCc1ccsc1)c1ccc2nccnc2c1. The van der Waals surface area contributed by atoms with Gasteiger partial charge in [-0.3, -0.25) is 9.97 Å². The van der Waals surface area contributed by atoms with Crippen LogP contribution < -0.4 is 5.32 Å². The Bertz CT molecular complexity index is 694. The van der Waals surface area contributed by atoms with Crippen molar-refractivity contribution < 1.29 is 0 Å². The van der Waals surface area contributed by atoms with E-state index in [1.54, 1.807) is 23.7 Å². The molecule has 0 aliphatic rings. The minimum Gasteiger partial charge on any atom is -0.310 e. The molecule has 0 fully saturated rings. The Kier molecular flexibility index (Phi) is 4.58. The van der Waals surface area contributed by atoms with E-state index in [0.717, 1.165) is 30.4 Å². The first-order chi connectivity index (χ1) is 10.4. The molecule has 2 heterocycles. The number of nitrogens with one attached hydrogen (secondary N) is 1. The van der Waals surface area contributed by atoms with E-state index >= 15 is 0 Å². The van der Waals surface area contributed by atoms with Gasteiger partial charge in [0.15, 0.2) is 0 Å². The number of fused-ring (bicyclic) bond motifs is 1. The van der Waals surface area contributed by atoms with E-state index in [4.69, 9.17) is 0 Å². The summed E-state index contributed by atoms with van der Waals surface area (Å²) < 4.78 is 0. The van der Waals surface area contributed by atoms with Crippen LogP contribution in [-0.2, 0) is 6.42 Å². The Labute approximate surface area is 129 Å². The average molecular weight is 297 g/mol. The largest absolute Gasteiger partial charge is 0.310 e. The molecule has 0 bridgehead atoms. The van der Waals surface area contributed by atoms with Crippen molar-refractivity contribution in [1.29, 1.82) is 0 Å². The molecule has 0 amide bonds. The fourth-order valence-corrected chi connectivity index (χ4v) is 3.28. The maximum absolute atomic E-state index is 4.41. The summed E-state index contributed by atoms with van der Waals surface area (Å²) in [6.07, 6.45) is 5.68. The highest BCUT2D eigenvalue weighted by Crippen LogP contribution is 2.22. The molecule has 0 saturated carbocycles. The monoisotopic (exact) mass is 297 g/mol. The van der Waals surface area contributed by atoms with Gasteiger partial charge in [-0.25, -0.2) is 0 Å². The van der Waals surface area contributed by atoms with Crippen LogP contribution in [0.5, 0.6) is 0 Å². The van der Waals surface area contributed by atoms with Gasteiger partial charge in [-0.15, -0.1) is 0 Å². The summed E-state index contributed by atoms with van der Waals surface area (Å²) in [5, 5.41) is 7.95. The van der Waals surface area contributed by atoms with Gasteiger partial charge in [-0.1, -0.05) is 13.0 Å². The van der Waals surface area contributed by atoms with Crippen LogP contribution in [-0.4, -0.2) is 16.5 Å². The highest BCUT2D eigenvalue weighted by Gasteiger charge is 2.11. The molecule has 0 radical (unpaired) electrons. The van der Waals surface area contributed by atoms with Gasteiger partial charge < -0.3 is 5.32 Å². The molecule has 1 N–H and O–H groups in total. The summed E-state index contributed by atoms with van der Waals surface area (Å²) in [7, 11) is 0. The standard InChI is InChI=1S/C17H19N3S/c1-2-18-15(5-3-13-7-10-21-12-13)14-4-6-16-17(11-14)20-9-8-19-16/h4,6-12,15,18H,2-3,5H2,1H3. The van der Waals surface area contributed by atoms with Crippen molar-refractivity contribution in [3.05, 3.63) is 58.5 Å². The number of hydrogen-bond acceptors (Lipinski definition) is 4. The van der Waals surface area contributed by atoms with Crippen LogP contribution >= 0.6 is 11.3 Å². The summed E-state index contributed by atoms with van der Waals surface area (Å²) in [5.41, 5.74) is 4.63. The smallest absolute Gasteiger partial charge is 0.0890 e. The second-order valence-corrected chi connectivity index (χ2v) is 5.87. The van der Waals surface area contributed by atoms with E-state index in [9.17, 15) is 0 Å². The summed E-state index contributed by atoms with van der Waals surface area (Å²) >= 11 is 1.76.